The molecule has 0 N–H and O–H groups in total. The standard InChI is InChI=1S/C11H6F4N2O/c12-10(13)17-5-6(4-16)8-2-1-7(3-9(8)17)18-11(14)15/h1-3,5,10-11H. The average molecular weight is 258 g/mol. The molecule has 0 saturated heterocycles. The summed E-state index contributed by atoms with van der Waals surface area (Å²) in [6, 6.07) is 5.31. The summed E-state index contributed by atoms with van der Waals surface area (Å²) in [5, 5.41) is 9.05. The lowest BCUT2D eigenvalue weighted by molar-refractivity contribution is -0.0497. The van der Waals surface area contributed by atoms with Crippen LogP contribution in [0.5, 0.6) is 5.75 Å². The van der Waals surface area contributed by atoms with Crippen molar-refractivity contribution in [1.82, 2.24) is 4.57 Å². The van der Waals surface area contributed by atoms with Gasteiger partial charge in [-0.1, -0.05) is 0 Å². The second kappa shape index (κ2) is 4.56. The number of nitrogens with zero attached hydrogens (tertiary/aromatic N) is 2. The number of halogens is 4. The first-order valence-electron chi connectivity index (χ1n) is 4.80. The van der Waals surface area contributed by atoms with Crippen LogP contribution in [-0.4, -0.2) is 11.2 Å². The second-order valence-corrected chi connectivity index (χ2v) is 3.40. The van der Waals surface area contributed by atoms with Gasteiger partial charge >= 0.3 is 13.2 Å². The van der Waals surface area contributed by atoms with E-state index in [1.165, 1.54) is 12.1 Å². The first-order chi connectivity index (χ1) is 8.52. The van der Waals surface area contributed by atoms with Crippen molar-refractivity contribution in [2.45, 2.75) is 13.2 Å². The van der Waals surface area contributed by atoms with Gasteiger partial charge in [-0.15, -0.1) is 0 Å². The Morgan fingerprint density at radius 3 is 2.50 bits per heavy atom. The quantitative estimate of drug-likeness (QED) is 0.790. The summed E-state index contributed by atoms with van der Waals surface area (Å²) < 4.78 is 54.1. The molecule has 1 aromatic carbocycles. The molecule has 7 heteroatoms. The molecular formula is C11H6F4N2O. The first-order valence-corrected chi connectivity index (χ1v) is 4.80. The second-order valence-electron chi connectivity index (χ2n) is 3.40. The maximum atomic E-state index is 12.7. The number of rotatable bonds is 3. The lowest BCUT2D eigenvalue weighted by Crippen LogP contribution is -2.02. The van der Waals surface area contributed by atoms with Gasteiger partial charge in [0.05, 0.1) is 11.1 Å². The molecule has 0 unspecified atom stereocenters. The van der Waals surface area contributed by atoms with Crippen molar-refractivity contribution in [1.29, 1.82) is 5.26 Å². The molecule has 0 aliphatic carbocycles. The molecule has 0 bridgehead atoms. The summed E-state index contributed by atoms with van der Waals surface area (Å²) >= 11 is 0. The van der Waals surface area contributed by atoms with Crippen LogP contribution in [0.25, 0.3) is 10.9 Å². The lowest BCUT2D eigenvalue weighted by atomic mass is 10.2. The number of aromatic nitrogens is 1. The molecule has 1 aromatic heterocycles. The van der Waals surface area contributed by atoms with Crippen molar-refractivity contribution in [2.75, 3.05) is 0 Å². The van der Waals surface area contributed by atoms with E-state index in [9.17, 15) is 17.6 Å². The van der Waals surface area contributed by atoms with Gasteiger partial charge in [-0.3, -0.25) is 4.57 Å². The lowest BCUT2D eigenvalue weighted by Gasteiger charge is -2.06. The van der Waals surface area contributed by atoms with Crippen molar-refractivity contribution in [3.05, 3.63) is 30.0 Å². The minimum atomic E-state index is -3.03. The van der Waals surface area contributed by atoms with Gasteiger partial charge in [0.2, 0.25) is 0 Å². The third-order valence-electron chi connectivity index (χ3n) is 2.36. The van der Waals surface area contributed by atoms with Gasteiger partial charge in [-0.2, -0.15) is 22.8 Å². The smallest absolute Gasteiger partial charge is 0.387 e. The zero-order valence-electron chi connectivity index (χ0n) is 8.78. The molecule has 1 heterocycles. The van der Waals surface area contributed by atoms with Gasteiger partial charge < -0.3 is 4.74 Å². The van der Waals surface area contributed by atoms with Gasteiger partial charge in [0.25, 0.3) is 0 Å². The molecule has 94 valence electrons. The van der Waals surface area contributed by atoms with Crippen LogP contribution < -0.4 is 4.74 Å². The van der Waals surface area contributed by atoms with E-state index in [1.54, 1.807) is 6.07 Å². The van der Waals surface area contributed by atoms with Crippen LogP contribution in [0, 0.1) is 11.3 Å². The summed E-state index contributed by atoms with van der Waals surface area (Å²) in [6.45, 7) is -5.90. The summed E-state index contributed by atoms with van der Waals surface area (Å²) in [6.07, 6.45) is 0.974. The van der Waals surface area contributed by atoms with E-state index < -0.39 is 13.2 Å². The Morgan fingerprint density at radius 2 is 1.94 bits per heavy atom. The fraction of sp³-hybridized carbons (Fsp3) is 0.182. The summed E-state index contributed by atoms with van der Waals surface area (Å²) in [7, 11) is 0. The Bertz CT molecular complexity index is 615. The summed E-state index contributed by atoms with van der Waals surface area (Å²) in [5.41, 5.74) is 0.0218. The average Bonchev–Trinajstić information content (AvgIpc) is 2.66. The summed E-state index contributed by atoms with van der Waals surface area (Å²) in [5.74, 6) is -0.234. The molecule has 0 aliphatic rings. The maximum absolute atomic E-state index is 12.7. The molecule has 0 spiro atoms. The van der Waals surface area contributed by atoms with Crippen LogP contribution in [-0.2, 0) is 0 Å². The number of fused-ring (bicyclic) bond motifs is 1. The first kappa shape index (κ1) is 12.2. The molecule has 18 heavy (non-hydrogen) atoms. The van der Waals surface area contributed by atoms with E-state index >= 15 is 0 Å². The highest BCUT2D eigenvalue weighted by molar-refractivity contribution is 5.87. The monoisotopic (exact) mass is 258 g/mol. The summed E-state index contributed by atoms with van der Waals surface area (Å²) in [4.78, 5) is 0. The molecule has 0 amide bonds. The minimum absolute atomic E-state index is 0.0281. The van der Waals surface area contributed by atoms with Crippen LogP contribution in [0.1, 0.15) is 12.1 Å². The zero-order chi connectivity index (χ0) is 13.3. The molecule has 0 saturated carbocycles. The normalized spacial score (nSPS) is 11.2. The van der Waals surface area contributed by atoms with Crippen molar-refractivity contribution < 1.29 is 22.3 Å². The predicted octanol–water partition coefficient (Wildman–Crippen LogP) is 3.51. The molecule has 0 radical (unpaired) electrons. The number of alkyl halides is 4. The third kappa shape index (κ3) is 2.09. The fourth-order valence-electron chi connectivity index (χ4n) is 1.66. The highest BCUT2D eigenvalue weighted by Gasteiger charge is 2.15. The number of nitriles is 1. The Balaban J connectivity index is 2.60. The number of benzene rings is 1. The highest BCUT2D eigenvalue weighted by Crippen LogP contribution is 2.29. The largest absolute Gasteiger partial charge is 0.435 e. The maximum Gasteiger partial charge on any atom is 0.387 e. The number of hydrogen-bond donors (Lipinski definition) is 0. The van der Waals surface area contributed by atoms with E-state index in [0.717, 1.165) is 12.3 Å². The van der Waals surface area contributed by atoms with E-state index in [4.69, 9.17) is 5.26 Å². The topological polar surface area (TPSA) is 38.0 Å². The Labute approximate surface area is 98.8 Å². The van der Waals surface area contributed by atoms with Crippen LogP contribution in [0.4, 0.5) is 17.6 Å². The molecule has 0 atom stereocenters. The van der Waals surface area contributed by atoms with Crippen molar-refractivity contribution in [2.24, 2.45) is 0 Å². The minimum Gasteiger partial charge on any atom is -0.435 e. The number of ether oxygens (including phenoxy) is 1. The van der Waals surface area contributed by atoms with E-state index in [1.807, 2.05) is 0 Å². The van der Waals surface area contributed by atoms with Gasteiger partial charge in [-0.05, 0) is 12.1 Å². The van der Waals surface area contributed by atoms with Gasteiger partial charge in [-0.25, -0.2) is 0 Å². The van der Waals surface area contributed by atoms with Crippen molar-refractivity contribution in [3.63, 3.8) is 0 Å². The van der Waals surface area contributed by atoms with Crippen LogP contribution in [0.3, 0.4) is 0 Å². The Hall–Kier alpha value is -2.23. The van der Waals surface area contributed by atoms with Gasteiger partial charge in [0.15, 0.2) is 0 Å². The SMILES string of the molecule is N#Cc1cn(C(F)F)c2cc(OC(F)F)ccc12. The molecule has 0 aliphatic heterocycles. The van der Waals surface area contributed by atoms with Crippen LogP contribution in [0.15, 0.2) is 24.4 Å². The van der Waals surface area contributed by atoms with E-state index in [2.05, 4.69) is 4.74 Å². The van der Waals surface area contributed by atoms with Crippen LogP contribution in [0.2, 0.25) is 0 Å². The third-order valence-corrected chi connectivity index (χ3v) is 2.36. The van der Waals surface area contributed by atoms with E-state index in [0.29, 0.717) is 4.57 Å². The molecular weight excluding hydrogens is 252 g/mol. The molecule has 3 nitrogen and oxygen atoms in total. The Kier molecular flexibility index (Phi) is 3.10. The zero-order valence-corrected chi connectivity index (χ0v) is 8.78. The molecule has 0 fully saturated rings. The fourth-order valence-corrected chi connectivity index (χ4v) is 1.66. The Morgan fingerprint density at radius 1 is 1.22 bits per heavy atom. The molecule has 2 aromatic rings. The van der Waals surface area contributed by atoms with Crippen molar-refractivity contribution >= 4 is 10.9 Å². The van der Waals surface area contributed by atoms with E-state index in [-0.39, 0.29) is 22.2 Å². The van der Waals surface area contributed by atoms with Crippen molar-refractivity contribution in [3.8, 4) is 11.8 Å². The van der Waals surface area contributed by atoms with Gasteiger partial charge in [0, 0.05) is 17.6 Å². The van der Waals surface area contributed by atoms with Gasteiger partial charge in [0.1, 0.15) is 11.8 Å². The number of hydrogen-bond acceptors (Lipinski definition) is 2. The highest BCUT2D eigenvalue weighted by atomic mass is 19.3. The van der Waals surface area contributed by atoms with Crippen LogP contribution >= 0.6 is 0 Å². The predicted molar refractivity (Wildman–Crippen MR) is 54.5 cm³/mol. The molecule has 2 rings (SSSR count).